The molecule has 0 saturated carbocycles. The summed E-state index contributed by atoms with van der Waals surface area (Å²) in [6.07, 6.45) is -1.10. The van der Waals surface area contributed by atoms with Crippen LogP contribution in [0.15, 0.2) is 28.1 Å². The molecular formula is C11H6BrCl2FOS. The number of hydrogen-bond acceptors (Lipinski definition) is 2. The molecule has 0 saturated heterocycles. The van der Waals surface area contributed by atoms with Crippen molar-refractivity contribution in [1.82, 2.24) is 0 Å². The Balaban J connectivity index is 2.48. The Morgan fingerprint density at radius 2 is 2.00 bits per heavy atom. The minimum absolute atomic E-state index is 0.113. The van der Waals surface area contributed by atoms with Gasteiger partial charge in [0.1, 0.15) is 11.9 Å². The van der Waals surface area contributed by atoms with Crippen LogP contribution in [0.25, 0.3) is 0 Å². The average molecular weight is 356 g/mol. The molecule has 0 aliphatic heterocycles. The molecule has 2 rings (SSSR count). The Morgan fingerprint density at radius 1 is 1.29 bits per heavy atom. The minimum Gasteiger partial charge on any atom is -0.383 e. The van der Waals surface area contributed by atoms with Crippen LogP contribution < -0.4 is 0 Å². The van der Waals surface area contributed by atoms with Gasteiger partial charge in [0.2, 0.25) is 0 Å². The minimum atomic E-state index is -1.10. The van der Waals surface area contributed by atoms with Crippen LogP contribution in [0.1, 0.15) is 16.5 Å². The molecule has 6 heteroatoms. The van der Waals surface area contributed by atoms with Crippen LogP contribution >= 0.6 is 50.5 Å². The Labute approximate surface area is 120 Å². The first-order valence-corrected chi connectivity index (χ1v) is 6.99. The molecule has 1 unspecified atom stereocenters. The number of benzene rings is 1. The lowest BCUT2D eigenvalue weighted by atomic mass is 10.1. The highest BCUT2D eigenvalue weighted by Crippen LogP contribution is 2.36. The molecule has 2 aromatic rings. The third kappa shape index (κ3) is 2.66. The lowest BCUT2D eigenvalue weighted by Crippen LogP contribution is -2.01. The molecule has 1 aromatic carbocycles. The predicted molar refractivity (Wildman–Crippen MR) is 72.5 cm³/mol. The van der Waals surface area contributed by atoms with E-state index in [0.717, 1.165) is 0 Å². The molecule has 0 amide bonds. The number of aliphatic hydroxyl groups excluding tert-OH is 1. The molecule has 0 fully saturated rings. The maximum Gasteiger partial charge on any atom is 0.130 e. The van der Waals surface area contributed by atoms with E-state index in [1.54, 1.807) is 11.4 Å². The van der Waals surface area contributed by atoms with Gasteiger partial charge in [-0.1, -0.05) is 23.2 Å². The van der Waals surface area contributed by atoms with Crippen molar-refractivity contribution in [3.8, 4) is 0 Å². The van der Waals surface area contributed by atoms with E-state index in [0.29, 0.717) is 19.4 Å². The van der Waals surface area contributed by atoms with Crippen LogP contribution in [0, 0.1) is 5.82 Å². The van der Waals surface area contributed by atoms with E-state index in [2.05, 4.69) is 15.9 Å². The third-order valence-electron chi connectivity index (χ3n) is 2.23. The van der Waals surface area contributed by atoms with Crippen LogP contribution in [0.5, 0.6) is 0 Å². The van der Waals surface area contributed by atoms with Crippen molar-refractivity contribution in [2.24, 2.45) is 0 Å². The van der Waals surface area contributed by atoms with Crippen LogP contribution in [0.2, 0.25) is 10.0 Å². The normalized spacial score (nSPS) is 12.8. The van der Waals surface area contributed by atoms with Gasteiger partial charge in [0, 0.05) is 10.0 Å². The smallest absolute Gasteiger partial charge is 0.130 e. The Hall–Kier alpha value is -0.130. The standard InChI is InChI=1S/C11H6BrCl2FOS/c12-6-4-9(15)5(3-8(6)14)10(16)11-7(13)1-2-17-11/h1-4,10,16H. The zero-order chi connectivity index (χ0) is 12.6. The van der Waals surface area contributed by atoms with E-state index < -0.39 is 11.9 Å². The fraction of sp³-hybridized carbons (Fsp3) is 0.0909. The molecule has 0 aliphatic carbocycles. The molecular weight excluding hydrogens is 350 g/mol. The fourth-order valence-electron chi connectivity index (χ4n) is 1.39. The maximum absolute atomic E-state index is 13.7. The number of hydrogen-bond donors (Lipinski definition) is 1. The third-order valence-corrected chi connectivity index (χ3v) is 4.84. The van der Waals surface area contributed by atoms with Crippen LogP contribution in [-0.4, -0.2) is 5.11 Å². The van der Waals surface area contributed by atoms with Gasteiger partial charge >= 0.3 is 0 Å². The molecule has 1 N–H and O–H groups in total. The van der Waals surface area contributed by atoms with E-state index in [1.165, 1.54) is 23.5 Å². The highest BCUT2D eigenvalue weighted by molar-refractivity contribution is 9.10. The summed E-state index contributed by atoms with van der Waals surface area (Å²) in [5, 5.41) is 12.6. The second kappa shape index (κ2) is 5.24. The highest BCUT2D eigenvalue weighted by atomic mass is 79.9. The first-order valence-electron chi connectivity index (χ1n) is 4.56. The second-order valence-electron chi connectivity index (χ2n) is 3.32. The fourth-order valence-corrected chi connectivity index (χ4v) is 3.04. The molecule has 1 heterocycles. The lowest BCUT2D eigenvalue weighted by molar-refractivity contribution is 0.219. The molecule has 1 nitrogen and oxygen atoms in total. The molecule has 0 radical (unpaired) electrons. The van der Waals surface area contributed by atoms with Crippen molar-refractivity contribution in [3.63, 3.8) is 0 Å². The Morgan fingerprint density at radius 3 is 2.59 bits per heavy atom. The summed E-state index contributed by atoms with van der Waals surface area (Å²) in [7, 11) is 0. The summed E-state index contributed by atoms with van der Waals surface area (Å²) in [6.45, 7) is 0. The Kier molecular flexibility index (Phi) is 4.10. The van der Waals surface area contributed by atoms with Crippen molar-refractivity contribution in [1.29, 1.82) is 0 Å². The van der Waals surface area contributed by atoms with E-state index in [9.17, 15) is 9.50 Å². The van der Waals surface area contributed by atoms with E-state index in [1.807, 2.05) is 0 Å². The van der Waals surface area contributed by atoms with Crippen molar-refractivity contribution in [2.75, 3.05) is 0 Å². The van der Waals surface area contributed by atoms with Gasteiger partial charge in [0.25, 0.3) is 0 Å². The van der Waals surface area contributed by atoms with Gasteiger partial charge in [-0.15, -0.1) is 11.3 Å². The quantitative estimate of drug-likeness (QED) is 0.748. The number of thiophene rings is 1. The van der Waals surface area contributed by atoms with Gasteiger partial charge in [-0.2, -0.15) is 0 Å². The summed E-state index contributed by atoms with van der Waals surface area (Å²) in [4.78, 5) is 0.504. The number of aliphatic hydroxyl groups is 1. The number of rotatable bonds is 2. The summed E-state index contributed by atoms with van der Waals surface area (Å²) in [5.41, 5.74) is 0.113. The molecule has 0 aliphatic rings. The molecule has 0 bridgehead atoms. The van der Waals surface area contributed by atoms with Gasteiger partial charge in [-0.05, 0) is 39.5 Å². The highest BCUT2D eigenvalue weighted by Gasteiger charge is 2.20. The van der Waals surface area contributed by atoms with Gasteiger partial charge in [0.15, 0.2) is 0 Å². The van der Waals surface area contributed by atoms with Crippen molar-refractivity contribution < 1.29 is 9.50 Å². The van der Waals surface area contributed by atoms with E-state index in [-0.39, 0.29) is 5.56 Å². The largest absolute Gasteiger partial charge is 0.383 e. The molecule has 1 aromatic heterocycles. The van der Waals surface area contributed by atoms with Gasteiger partial charge in [-0.3, -0.25) is 0 Å². The summed E-state index contributed by atoms with van der Waals surface area (Å²) in [5.74, 6) is -0.529. The van der Waals surface area contributed by atoms with Gasteiger partial charge in [-0.25, -0.2) is 4.39 Å². The maximum atomic E-state index is 13.7. The summed E-state index contributed by atoms with van der Waals surface area (Å²) < 4.78 is 14.2. The molecule has 17 heavy (non-hydrogen) atoms. The monoisotopic (exact) mass is 354 g/mol. The summed E-state index contributed by atoms with van der Waals surface area (Å²) >= 11 is 16.2. The Bertz CT molecular complexity index is 558. The van der Waals surface area contributed by atoms with Crippen molar-refractivity contribution in [2.45, 2.75) is 6.10 Å². The SMILES string of the molecule is OC(c1cc(Cl)c(Br)cc1F)c1sccc1Cl. The van der Waals surface area contributed by atoms with Crippen molar-refractivity contribution in [3.05, 3.63) is 54.4 Å². The number of halogens is 4. The first kappa shape index (κ1) is 13.3. The van der Waals surface area contributed by atoms with Crippen LogP contribution in [0.4, 0.5) is 4.39 Å². The topological polar surface area (TPSA) is 20.2 Å². The zero-order valence-electron chi connectivity index (χ0n) is 8.25. The molecule has 0 spiro atoms. The molecule has 1 atom stereocenters. The zero-order valence-corrected chi connectivity index (χ0v) is 12.2. The second-order valence-corrected chi connectivity index (χ2v) is 5.94. The van der Waals surface area contributed by atoms with E-state index >= 15 is 0 Å². The lowest BCUT2D eigenvalue weighted by Gasteiger charge is -2.12. The van der Waals surface area contributed by atoms with Crippen LogP contribution in [0.3, 0.4) is 0 Å². The first-order chi connectivity index (χ1) is 8.00. The molecule has 90 valence electrons. The predicted octanol–water partition coefficient (Wildman–Crippen LogP) is 5.04. The van der Waals surface area contributed by atoms with Crippen LogP contribution in [-0.2, 0) is 0 Å². The van der Waals surface area contributed by atoms with Crippen molar-refractivity contribution >= 4 is 50.5 Å². The van der Waals surface area contributed by atoms with E-state index in [4.69, 9.17) is 23.2 Å². The van der Waals surface area contributed by atoms with Gasteiger partial charge in [0.05, 0.1) is 14.9 Å². The van der Waals surface area contributed by atoms with Gasteiger partial charge < -0.3 is 5.11 Å². The summed E-state index contributed by atoms with van der Waals surface area (Å²) in [6, 6.07) is 4.27. The average Bonchev–Trinajstić information content (AvgIpc) is 2.69.